The highest BCUT2D eigenvalue weighted by molar-refractivity contribution is 7.18. The predicted octanol–water partition coefficient (Wildman–Crippen LogP) is 3.06. The molecule has 0 saturated carbocycles. The fraction of sp³-hybridized carbons (Fsp3) is 0.500. The molecule has 2 aromatic rings. The van der Waals surface area contributed by atoms with Gasteiger partial charge in [-0.25, -0.2) is 14.6 Å². The van der Waals surface area contributed by atoms with Crippen LogP contribution in [0.15, 0.2) is 24.3 Å². The molecule has 3 rings (SSSR count). The highest BCUT2D eigenvalue weighted by Crippen LogP contribution is 2.21. The summed E-state index contributed by atoms with van der Waals surface area (Å²) in [4.78, 5) is 32.3. The Hall–Kier alpha value is -2.35. The molecule has 26 heavy (non-hydrogen) atoms. The number of fused-ring (bicyclic) bond motifs is 1. The standard InChI is InChI=1S/C18H24N4O3S/c1-18(2,3)25-17(24)22-10-8-21(9-11-22)16(23)19-12-15-20-13-6-4-5-7-14(13)26-15/h4-7H,8-12H2,1-3H3,(H,19,23). The fourth-order valence-electron chi connectivity index (χ4n) is 2.68. The van der Waals surface area contributed by atoms with Crippen molar-refractivity contribution in [3.05, 3.63) is 29.3 Å². The van der Waals surface area contributed by atoms with Crippen LogP contribution in [-0.4, -0.2) is 58.7 Å². The molecule has 0 radical (unpaired) electrons. The maximum atomic E-state index is 12.3. The summed E-state index contributed by atoms with van der Waals surface area (Å²) in [5.74, 6) is 0. The Balaban J connectivity index is 1.47. The zero-order chi connectivity index (χ0) is 18.7. The molecule has 1 aromatic carbocycles. The van der Waals surface area contributed by atoms with Gasteiger partial charge in [-0.2, -0.15) is 0 Å². The average Bonchev–Trinajstić information content (AvgIpc) is 3.01. The molecule has 1 aliphatic heterocycles. The maximum absolute atomic E-state index is 12.3. The molecule has 140 valence electrons. The number of para-hydroxylation sites is 1. The topological polar surface area (TPSA) is 74.8 Å². The summed E-state index contributed by atoms with van der Waals surface area (Å²) in [7, 11) is 0. The van der Waals surface area contributed by atoms with Gasteiger partial charge in [0, 0.05) is 26.2 Å². The molecule has 1 N–H and O–H groups in total. The number of ether oxygens (including phenoxy) is 1. The van der Waals surface area contributed by atoms with Crippen molar-refractivity contribution in [3.8, 4) is 0 Å². The molecule has 3 amide bonds. The zero-order valence-electron chi connectivity index (χ0n) is 15.3. The number of thiazole rings is 1. The third-order valence-electron chi connectivity index (χ3n) is 3.95. The van der Waals surface area contributed by atoms with Crippen LogP contribution in [0.3, 0.4) is 0 Å². The first-order valence-electron chi connectivity index (χ1n) is 8.67. The zero-order valence-corrected chi connectivity index (χ0v) is 16.1. The summed E-state index contributed by atoms with van der Waals surface area (Å²) in [6.45, 7) is 7.87. The molecular weight excluding hydrogens is 352 g/mol. The number of rotatable bonds is 2. The molecule has 1 aromatic heterocycles. The number of carbonyl (C=O) groups excluding carboxylic acids is 2. The van der Waals surface area contributed by atoms with Gasteiger partial charge in [-0.1, -0.05) is 12.1 Å². The van der Waals surface area contributed by atoms with E-state index < -0.39 is 5.60 Å². The van der Waals surface area contributed by atoms with Crippen molar-refractivity contribution in [2.45, 2.75) is 32.9 Å². The van der Waals surface area contributed by atoms with E-state index in [0.29, 0.717) is 32.7 Å². The lowest BCUT2D eigenvalue weighted by atomic mass is 10.2. The molecule has 7 nitrogen and oxygen atoms in total. The van der Waals surface area contributed by atoms with Crippen molar-refractivity contribution in [2.75, 3.05) is 26.2 Å². The number of nitrogens with one attached hydrogen (secondary N) is 1. The number of nitrogens with zero attached hydrogens (tertiary/aromatic N) is 3. The number of urea groups is 1. The lowest BCUT2D eigenvalue weighted by Gasteiger charge is -2.35. The first-order chi connectivity index (χ1) is 12.3. The van der Waals surface area contributed by atoms with Crippen LogP contribution in [0.2, 0.25) is 0 Å². The molecule has 1 aliphatic rings. The van der Waals surface area contributed by atoms with Gasteiger partial charge in [0.05, 0.1) is 16.8 Å². The van der Waals surface area contributed by atoms with Crippen LogP contribution in [0.5, 0.6) is 0 Å². The Bertz CT molecular complexity index is 758. The van der Waals surface area contributed by atoms with Gasteiger partial charge < -0.3 is 19.9 Å². The minimum absolute atomic E-state index is 0.131. The largest absolute Gasteiger partial charge is 0.444 e. The Morgan fingerprint density at radius 3 is 2.46 bits per heavy atom. The monoisotopic (exact) mass is 376 g/mol. The van der Waals surface area contributed by atoms with Crippen LogP contribution >= 0.6 is 11.3 Å². The van der Waals surface area contributed by atoms with Crippen molar-refractivity contribution < 1.29 is 14.3 Å². The minimum Gasteiger partial charge on any atom is -0.444 e. The third-order valence-corrected chi connectivity index (χ3v) is 4.98. The summed E-state index contributed by atoms with van der Waals surface area (Å²) in [5, 5.41) is 3.79. The van der Waals surface area contributed by atoms with Gasteiger partial charge in [0.1, 0.15) is 10.6 Å². The lowest BCUT2D eigenvalue weighted by molar-refractivity contribution is 0.0170. The highest BCUT2D eigenvalue weighted by atomic mass is 32.1. The minimum atomic E-state index is -0.511. The number of amides is 3. The molecule has 0 spiro atoms. The van der Waals surface area contributed by atoms with Crippen LogP contribution in [-0.2, 0) is 11.3 Å². The van der Waals surface area contributed by atoms with E-state index in [0.717, 1.165) is 15.2 Å². The first kappa shape index (κ1) is 18.4. The number of piperazine rings is 1. The molecule has 0 unspecified atom stereocenters. The van der Waals surface area contributed by atoms with Crippen LogP contribution in [0.1, 0.15) is 25.8 Å². The van der Waals surface area contributed by atoms with E-state index in [1.807, 2.05) is 45.0 Å². The van der Waals surface area contributed by atoms with Crippen LogP contribution < -0.4 is 5.32 Å². The molecule has 0 aliphatic carbocycles. The Kier molecular flexibility index (Phi) is 5.31. The van der Waals surface area contributed by atoms with Crippen molar-refractivity contribution >= 4 is 33.7 Å². The Labute approximate surface area is 156 Å². The number of carbonyl (C=O) groups is 2. The summed E-state index contributed by atoms with van der Waals surface area (Å²) in [6.07, 6.45) is -0.327. The van der Waals surface area contributed by atoms with E-state index in [1.54, 1.807) is 21.1 Å². The second kappa shape index (κ2) is 7.49. The quantitative estimate of drug-likeness (QED) is 0.874. The molecular formula is C18H24N4O3S. The number of hydrogen-bond acceptors (Lipinski definition) is 5. The van der Waals surface area contributed by atoms with Gasteiger partial charge in [0.2, 0.25) is 0 Å². The molecule has 8 heteroatoms. The van der Waals surface area contributed by atoms with E-state index >= 15 is 0 Å². The molecule has 1 saturated heterocycles. The van der Waals surface area contributed by atoms with Gasteiger partial charge in [-0.3, -0.25) is 0 Å². The maximum Gasteiger partial charge on any atom is 0.410 e. The average molecular weight is 376 g/mol. The van der Waals surface area contributed by atoms with Crippen LogP contribution in [0.25, 0.3) is 10.2 Å². The first-order valence-corrected chi connectivity index (χ1v) is 9.49. The van der Waals surface area contributed by atoms with E-state index in [4.69, 9.17) is 4.74 Å². The molecule has 1 fully saturated rings. The summed E-state index contributed by atoms with van der Waals surface area (Å²) in [6, 6.07) is 7.79. The highest BCUT2D eigenvalue weighted by Gasteiger charge is 2.27. The SMILES string of the molecule is CC(C)(C)OC(=O)N1CCN(C(=O)NCc2nc3ccccc3s2)CC1. The van der Waals surface area contributed by atoms with Gasteiger partial charge in [-0.05, 0) is 32.9 Å². The van der Waals surface area contributed by atoms with Crippen molar-refractivity contribution in [1.29, 1.82) is 0 Å². The van der Waals surface area contributed by atoms with Crippen molar-refractivity contribution in [2.24, 2.45) is 0 Å². The fourth-order valence-corrected chi connectivity index (χ4v) is 3.58. The van der Waals surface area contributed by atoms with E-state index in [2.05, 4.69) is 10.3 Å². The number of hydrogen-bond donors (Lipinski definition) is 1. The third kappa shape index (κ3) is 4.63. The van der Waals surface area contributed by atoms with Crippen LogP contribution in [0, 0.1) is 0 Å². The molecule has 0 bridgehead atoms. The Morgan fingerprint density at radius 1 is 1.15 bits per heavy atom. The van der Waals surface area contributed by atoms with Gasteiger partial charge in [0.15, 0.2) is 0 Å². The van der Waals surface area contributed by atoms with Crippen molar-refractivity contribution in [1.82, 2.24) is 20.1 Å². The summed E-state index contributed by atoms with van der Waals surface area (Å²) >= 11 is 1.58. The summed E-state index contributed by atoms with van der Waals surface area (Å²) < 4.78 is 6.48. The van der Waals surface area contributed by atoms with E-state index in [1.165, 1.54) is 0 Å². The smallest absolute Gasteiger partial charge is 0.410 e. The van der Waals surface area contributed by atoms with Gasteiger partial charge in [0.25, 0.3) is 0 Å². The molecule has 2 heterocycles. The van der Waals surface area contributed by atoms with E-state index in [-0.39, 0.29) is 12.1 Å². The second-order valence-corrected chi connectivity index (χ2v) is 8.30. The number of aromatic nitrogens is 1. The Morgan fingerprint density at radius 2 is 1.81 bits per heavy atom. The number of benzene rings is 1. The van der Waals surface area contributed by atoms with Crippen molar-refractivity contribution in [3.63, 3.8) is 0 Å². The van der Waals surface area contributed by atoms with E-state index in [9.17, 15) is 9.59 Å². The second-order valence-electron chi connectivity index (χ2n) is 7.19. The lowest BCUT2D eigenvalue weighted by Crippen LogP contribution is -2.53. The van der Waals surface area contributed by atoms with Gasteiger partial charge >= 0.3 is 12.1 Å². The normalized spacial score (nSPS) is 15.2. The summed E-state index contributed by atoms with van der Waals surface area (Å²) in [5.41, 5.74) is 0.441. The van der Waals surface area contributed by atoms with Crippen LogP contribution in [0.4, 0.5) is 9.59 Å². The predicted molar refractivity (Wildman–Crippen MR) is 101 cm³/mol. The molecule has 0 atom stereocenters. The van der Waals surface area contributed by atoms with Gasteiger partial charge in [-0.15, -0.1) is 11.3 Å².